The molecule has 5 nitrogen and oxygen atoms in total. The number of aromatic amines is 1. The molecule has 164 valence electrons. The van der Waals surface area contributed by atoms with Gasteiger partial charge in [0.05, 0.1) is 6.61 Å². The Morgan fingerprint density at radius 3 is 2.93 bits per heavy atom. The van der Waals surface area contributed by atoms with Crippen molar-refractivity contribution >= 4 is 16.9 Å². The van der Waals surface area contributed by atoms with E-state index in [9.17, 15) is 4.79 Å². The monoisotopic (exact) mass is 412 g/mol. The number of piperidine rings is 1. The summed E-state index contributed by atoms with van der Waals surface area (Å²) >= 11 is 0. The Bertz CT molecular complexity index is 892. The highest BCUT2D eigenvalue weighted by atomic mass is 16.5. The highest BCUT2D eigenvalue weighted by Crippen LogP contribution is 2.48. The molecule has 2 aliphatic heterocycles. The fraction of sp³-hybridized carbons (Fsp3) is 0.640. The number of methoxy groups -OCH3 is 1. The van der Waals surface area contributed by atoms with Crippen LogP contribution in [-0.2, 0) is 26.1 Å². The van der Waals surface area contributed by atoms with Crippen molar-refractivity contribution in [1.82, 2.24) is 9.88 Å². The van der Waals surface area contributed by atoms with E-state index in [1.54, 1.807) is 7.11 Å². The summed E-state index contributed by atoms with van der Waals surface area (Å²) in [4.78, 5) is 19.9. The highest BCUT2D eigenvalue weighted by molar-refractivity contribution is 5.91. The number of para-hydroxylation sites is 1. The van der Waals surface area contributed by atoms with Crippen molar-refractivity contribution in [3.63, 3.8) is 0 Å². The van der Waals surface area contributed by atoms with Crippen LogP contribution in [0.2, 0.25) is 0 Å². The van der Waals surface area contributed by atoms with Crippen LogP contribution in [0.4, 0.5) is 0 Å². The summed E-state index contributed by atoms with van der Waals surface area (Å²) < 4.78 is 11.0. The molecule has 5 atom stereocenters. The SMILES string of the molecule is CCOC(=O)C12CC(CC(C)CCOC)CN(CCc3c1[nH]c1ccccc31)C2C. The maximum absolute atomic E-state index is 13.6. The summed E-state index contributed by atoms with van der Waals surface area (Å²) in [6.45, 7) is 9.69. The molecule has 1 fully saturated rings. The standard InChI is InChI=1S/C25H36N2O3/c1-5-30-24(28)25-15-19(14-17(2)11-13-29-4)16-27(18(25)3)12-10-21-20-8-6-7-9-22(20)26-23(21)25/h6-9,17-19,26H,5,10-16H2,1-4H3. The maximum Gasteiger partial charge on any atom is 0.319 e. The Balaban J connectivity index is 1.78. The van der Waals surface area contributed by atoms with Crippen molar-refractivity contribution in [2.75, 3.05) is 33.4 Å². The van der Waals surface area contributed by atoms with Gasteiger partial charge >= 0.3 is 5.97 Å². The summed E-state index contributed by atoms with van der Waals surface area (Å²) in [6, 6.07) is 8.58. The number of hydrogen-bond acceptors (Lipinski definition) is 4. The number of esters is 1. The average Bonchev–Trinajstić information content (AvgIpc) is 3.09. The zero-order chi connectivity index (χ0) is 21.3. The van der Waals surface area contributed by atoms with Crippen molar-refractivity contribution in [2.45, 2.75) is 57.9 Å². The fourth-order valence-electron chi connectivity index (χ4n) is 5.96. The van der Waals surface area contributed by atoms with Crippen LogP contribution < -0.4 is 0 Å². The zero-order valence-electron chi connectivity index (χ0n) is 18.9. The minimum atomic E-state index is -0.634. The molecule has 2 bridgehead atoms. The molecule has 0 saturated carbocycles. The van der Waals surface area contributed by atoms with E-state index in [2.05, 4.69) is 48.0 Å². The van der Waals surface area contributed by atoms with Gasteiger partial charge in [-0.1, -0.05) is 25.1 Å². The van der Waals surface area contributed by atoms with E-state index in [1.165, 1.54) is 10.9 Å². The molecule has 2 aromatic rings. The van der Waals surface area contributed by atoms with Crippen molar-refractivity contribution in [1.29, 1.82) is 0 Å². The molecule has 1 N–H and O–H groups in total. The van der Waals surface area contributed by atoms with Crippen molar-refractivity contribution in [3.8, 4) is 0 Å². The third kappa shape index (κ3) is 3.56. The van der Waals surface area contributed by atoms with E-state index < -0.39 is 5.41 Å². The first-order valence-electron chi connectivity index (χ1n) is 11.5. The predicted molar refractivity (Wildman–Crippen MR) is 120 cm³/mol. The van der Waals surface area contributed by atoms with Crippen LogP contribution >= 0.6 is 0 Å². The highest BCUT2D eigenvalue weighted by Gasteiger charge is 2.56. The van der Waals surface area contributed by atoms with Crippen LogP contribution in [0.25, 0.3) is 10.9 Å². The lowest BCUT2D eigenvalue weighted by atomic mass is 9.66. The van der Waals surface area contributed by atoms with Gasteiger partial charge in [-0.05, 0) is 63.0 Å². The van der Waals surface area contributed by atoms with Crippen molar-refractivity contribution in [2.24, 2.45) is 11.8 Å². The molecular formula is C25H36N2O3. The van der Waals surface area contributed by atoms with E-state index in [0.717, 1.165) is 56.6 Å². The number of carbonyl (C=O) groups is 1. The molecule has 4 rings (SSSR count). The number of benzene rings is 1. The first-order chi connectivity index (χ1) is 14.5. The summed E-state index contributed by atoms with van der Waals surface area (Å²) in [5.74, 6) is 0.981. The summed E-state index contributed by atoms with van der Waals surface area (Å²) in [6.07, 6.45) is 3.99. The topological polar surface area (TPSA) is 54.6 Å². The molecule has 3 heterocycles. The van der Waals surface area contributed by atoms with Gasteiger partial charge < -0.3 is 14.5 Å². The van der Waals surface area contributed by atoms with Gasteiger partial charge in [0, 0.05) is 49.4 Å². The van der Waals surface area contributed by atoms with Crippen LogP contribution in [0, 0.1) is 11.8 Å². The van der Waals surface area contributed by atoms with Gasteiger partial charge in [-0.2, -0.15) is 0 Å². The van der Waals surface area contributed by atoms with Gasteiger partial charge in [-0.15, -0.1) is 0 Å². The third-order valence-corrected chi connectivity index (χ3v) is 7.46. The van der Waals surface area contributed by atoms with Crippen LogP contribution in [0.1, 0.15) is 51.3 Å². The van der Waals surface area contributed by atoms with Crippen molar-refractivity contribution in [3.05, 3.63) is 35.5 Å². The van der Waals surface area contributed by atoms with Gasteiger partial charge in [0.15, 0.2) is 0 Å². The number of nitrogens with zero attached hydrogens (tertiary/aromatic N) is 1. The second-order valence-electron chi connectivity index (χ2n) is 9.33. The van der Waals surface area contributed by atoms with Gasteiger partial charge in [0.1, 0.15) is 5.41 Å². The maximum atomic E-state index is 13.6. The van der Waals surface area contributed by atoms with E-state index in [0.29, 0.717) is 18.4 Å². The molecule has 0 aliphatic carbocycles. The molecule has 0 amide bonds. The van der Waals surface area contributed by atoms with Crippen LogP contribution in [0.5, 0.6) is 0 Å². The van der Waals surface area contributed by atoms with Gasteiger partial charge in [-0.25, -0.2) is 0 Å². The Hall–Kier alpha value is -1.85. The number of hydrogen-bond donors (Lipinski definition) is 1. The second kappa shape index (κ2) is 8.72. The molecule has 5 unspecified atom stereocenters. The minimum absolute atomic E-state index is 0.0635. The lowest BCUT2D eigenvalue weighted by Crippen LogP contribution is -2.60. The summed E-state index contributed by atoms with van der Waals surface area (Å²) in [5, 5.41) is 1.25. The molecule has 0 spiro atoms. The summed E-state index contributed by atoms with van der Waals surface area (Å²) in [5.41, 5.74) is 2.90. The minimum Gasteiger partial charge on any atom is -0.465 e. The molecule has 1 aromatic carbocycles. The Labute approximate surface area is 180 Å². The average molecular weight is 413 g/mol. The normalized spacial score (nSPS) is 29.3. The fourth-order valence-corrected chi connectivity index (χ4v) is 5.96. The number of ether oxygens (including phenoxy) is 2. The van der Waals surface area contributed by atoms with E-state index >= 15 is 0 Å². The number of aromatic nitrogens is 1. The lowest BCUT2D eigenvalue weighted by molar-refractivity contribution is -0.157. The van der Waals surface area contributed by atoms with Crippen molar-refractivity contribution < 1.29 is 14.3 Å². The van der Waals surface area contributed by atoms with E-state index in [4.69, 9.17) is 9.47 Å². The molecular weight excluding hydrogens is 376 g/mol. The van der Waals surface area contributed by atoms with E-state index in [-0.39, 0.29) is 12.0 Å². The van der Waals surface area contributed by atoms with Gasteiger partial charge in [0.25, 0.3) is 0 Å². The lowest BCUT2D eigenvalue weighted by Gasteiger charge is -2.48. The molecule has 30 heavy (non-hydrogen) atoms. The zero-order valence-corrected chi connectivity index (χ0v) is 18.9. The van der Waals surface area contributed by atoms with Gasteiger partial charge in [-0.3, -0.25) is 9.69 Å². The first-order valence-corrected chi connectivity index (χ1v) is 11.5. The van der Waals surface area contributed by atoms with E-state index in [1.807, 2.05) is 6.92 Å². The molecule has 1 aromatic heterocycles. The Kier molecular flexibility index (Phi) is 6.21. The Morgan fingerprint density at radius 1 is 1.37 bits per heavy atom. The smallest absolute Gasteiger partial charge is 0.319 e. The molecule has 0 radical (unpaired) electrons. The number of carbonyl (C=O) groups excluding carboxylic acids is 1. The quantitative estimate of drug-likeness (QED) is 0.689. The number of fused-ring (bicyclic) bond motifs is 6. The molecule has 2 aliphatic rings. The van der Waals surface area contributed by atoms with Gasteiger partial charge in [0.2, 0.25) is 0 Å². The third-order valence-electron chi connectivity index (χ3n) is 7.46. The number of rotatable bonds is 7. The largest absolute Gasteiger partial charge is 0.465 e. The predicted octanol–water partition coefficient (Wildman–Crippen LogP) is 4.30. The second-order valence-corrected chi connectivity index (χ2v) is 9.33. The van der Waals surface area contributed by atoms with Crippen LogP contribution in [0.3, 0.4) is 0 Å². The molecule has 5 heteroatoms. The molecule has 1 saturated heterocycles. The number of H-pyrrole nitrogens is 1. The first kappa shape index (κ1) is 21.4. The number of nitrogens with one attached hydrogen (secondary N) is 1. The van der Waals surface area contributed by atoms with Crippen LogP contribution in [-0.4, -0.2) is 55.3 Å². The van der Waals surface area contributed by atoms with Crippen LogP contribution in [0.15, 0.2) is 24.3 Å². The summed E-state index contributed by atoms with van der Waals surface area (Å²) in [7, 11) is 1.77. The Morgan fingerprint density at radius 2 is 2.17 bits per heavy atom.